The Labute approximate surface area is 455 Å². The number of esters is 5. The number of carbonyl (C=O) groups is 5. The van der Waals surface area contributed by atoms with Gasteiger partial charge in [0, 0.05) is 5.41 Å². The Balaban J connectivity index is 0.00000309. The van der Waals surface area contributed by atoms with E-state index in [1.807, 2.05) is 60.7 Å². The van der Waals surface area contributed by atoms with Gasteiger partial charge in [-0.05, 0) is 147 Å². The minimum Gasteiger partial charge on any atom is -0.464 e. The first-order chi connectivity index (χ1) is 35.7. The van der Waals surface area contributed by atoms with Gasteiger partial charge in [0.2, 0.25) is 0 Å². The average Bonchev–Trinajstić information content (AvgIpc) is 3.46. The molecule has 0 amide bonds. The van der Waals surface area contributed by atoms with Gasteiger partial charge >= 0.3 is 29.8 Å². The number of fused-ring (bicyclic) bond motifs is 7. The molecule has 9 atom stereocenters. The molecule has 6 aliphatic carbocycles. The molecule has 6 aliphatic rings. The lowest BCUT2D eigenvalue weighted by molar-refractivity contribution is -0.227. The predicted molar refractivity (Wildman–Crippen MR) is 297 cm³/mol. The SMILES string of the molecule is C.C=C.CN(CC(=O)OCc1ccccc1)CC(=O)OC[C@@]1(C)C2CC[C@]3(C)C(CC=C4[C@@H]5CC(C)(C)CC[C@]5(C(=O)OCC5=CCCC=C5)CC[C@]43C)[C@@]2(C)CC[C@@H]1OC(=O)CN(C)CC(=O)OCc1ccccc1. The van der Waals surface area contributed by atoms with E-state index in [-0.39, 0.29) is 98.8 Å². The second-order valence-corrected chi connectivity index (χ2v) is 24.5. The smallest absolute Gasteiger partial charge is 0.320 e. The van der Waals surface area contributed by atoms with Crippen LogP contribution in [0.5, 0.6) is 0 Å². The first kappa shape index (κ1) is 59.9. The van der Waals surface area contributed by atoms with Crippen molar-refractivity contribution < 1.29 is 47.7 Å². The van der Waals surface area contributed by atoms with Gasteiger partial charge in [0.25, 0.3) is 0 Å². The summed E-state index contributed by atoms with van der Waals surface area (Å²) in [6.07, 6.45) is 19.0. The maximum atomic E-state index is 14.6. The molecule has 416 valence electrons. The number of ether oxygens (including phenoxy) is 5. The van der Waals surface area contributed by atoms with Gasteiger partial charge in [0.05, 0.1) is 31.6 Å². The number of benzene rings is 2. The zero-order chi connectivity index (χ0) is 54.2. The zero-order valence-corrected chi connectivity index (χ0v) is 46.4. The molecule has 4 fully saturated rings. The third-order valence-electron chi connectivity index (χ3n) is 19.1. The van der Waals surface area contributed by atoms with E-state index in [9.17, 15) is 24.0 Å². The van der Waals surface area contributed by atoms with Crippen LogP contribution in [-0.2, 0) is 60.9 Å². The van der Waals surface area contributed by atoms with Crippen LogP contribution >= 0.6 is 0 Å². The van der Waals surface area contributed by atoms with Crippen molar-refractivity contribution in [2.45, 2.75) is 145 Å². The molecule has 0 radical (unpaired) electrons. The molecule has 12 nitrogen and oxygen atoms in total. The Morgan fingerprint density at radius 1 is 0.618 bits per heavy atom. The van der Waals surface area contributed by atoms with Gasteiger partial charge < -0.3 is 23.7 Å². The lowest BCUT2D eigenvalue weighted by atomic mass is 9.33. The lowest BCUT2D eigenvalue weighted by Gasteiger charge is -2.71. The van der Waals surface area contributed by atoms with E-state index in [4.69, 9.17) is 23.7 Å². The van der Waals surface area contributed by atoms with Crippen molar-refractivity contribution in [3.8, 4) is 0 Å². The Morgan fingerprint density at radius 2 is 1.18 bits per heavy atom. The molecule has 0 aromatic heterocycles. The molecular formula is C64H90N2O10. The van der Waals surface area contributed by atoms with Gasteiger partial charge in [-0.2, -0.15) is 0 Å². The first-order valence-electron chi connectivity index (χ1n) is 27.5. The number of allylic oxidation sites excluding steroid dienone is 4. The fourth-order valence-electron chi connectivity index (χ4n) is 14.9. The largest absolute Gasteiger partial charge is 0.464 e. The summed E-state index contributed by atoms with van der Waals surface area (Å²) in [6, 6.07) is 18.9. The first-order valence-corrected chi connectivity index (χ1v) is 27.5. The second kappa shape index (κ2) is 25.0. The molecule has 0 saturated heterocycles. The monoisotopic (exact) mass is 1050 g/mol. The van der Waals surface area contributed by atoms with E-state index in [1.54, 1.807) is 23.9 Å². The molecule has 2 aromatic rings. The summed E-state index contributed by atoms with van der Waals surface area (Å²) in [7, 11) is 3.39. The van der Waals surface area contributed by atoms with E-state index in [1.165, 1.54) is 5.57 Å². The van der Waals surface area contributed by atoms with Crippen molar-refractivity contribution in [1.82, 2.24) is 9.80 Å². The van der Waals surface area contributed by atoms with E-state index < -0.39 is 40.8 Å². The average molecular weight is 1050 g/mol. The summed E-state index contributed by atoms with van der Waals surface area (Å²) in [4.78, 5) is 71.2. The standard InChI is InChI=1S/C61H82N2O10.C2H4.CH4/c1-56(2)30-32-61(55(68)71-41-45-22-16-11-17-23-45)33-31-59(5)46(47(61)34-56)24-25-49-57(3)28-27-50(73-54(67)38-63(8)36-52(65)70-40-44-20-14-10-15-21-44)58(4,48(57)26-29-60(49,59)6)42-72-53(66)37-62(7)35-51(64)69-39-43-18-12-9-13-19-43;1-2;/h9-10,12-16,18-24,47-50H,11,17,25-42H2,1-8H3;1-2H2;1H4/t47-,48?,49?,50-,57-,58-,59+,60+,61-;;/m0../s1. The number of nitrogens with zero attached hydrogens (tertiary/aromatic N) is 2. The molecule has 0 N–H and O–H groups in total. The van der Waals surface area contributed by atoms with Gasteiger partial charge in [-0.15, -0.1) is 13.2 Å². The van der Waals surface area contributed by atoms with Crippen LogP contribution in [-0.4, -0.2) is 99.2 Å². The number of carbonyl (C=O) groups excluding carboxylic acids is 5. The van der Waals surface area contributed by atoms with Crippen molar-refractivity contribution in [3.05, 3.63) is 120 Å². The molecule has 0 bridgehead atoms. The molecule has 4 saturated carbocycles. The highest BCUT2D eigenvalue weighted by Gasteiger charge is 2.70. The third-order valence-corrected chi connectivity index (χ3v) is 19.1. The quantitative estimate of drug-likeness (QED) is 0.0798. The number of hydrogen-bond acceptors (Lipinski definition) is 12. The summed E-state index contributed by atoms with van der Waals surface area (Å²) < 4.78 is 30.0. The van der Waals surface area contributed by atoms with Gasteiger partial charge in [0.15, 0.2) is 0 Å². The van der Waals surface area contributed by atoms with Crippen LogP contribution in [0.25, 0.3) is 0 Å². The number of hydrogen-bond donors (Lipinski definition) is 0. The van der Waals surface area contributed by atoms with Crippen molar-refractivity contribution in [2.24, 2.45) is 50.2 Å². The Kier molecular flexibility index (Phi) is 19.7. The molecule has 0 aliphatic heterocycles. The summed E-state index contributed by atoms with van der Waals surface area (Å²) >= 11 is 0. The van der Waals surface area contributed by atoms with Crippen molar-refractivity contribution in [1.29, 1.82) is 0 Å². The Hall–Kier alpha value is -5.33. The van der Waals surface area contributed by atoms with Gasteiger partial charge in [0.1, 0.15) is 32.5 Å². The van der Waals surface area contributed by atoms with Crippen molar-refractivity contribution >= 4 is 29.8 Å². The fourth-order valence-corrected chi connectivity index (χ4v) is 14.9. The maximum absolute atomic E-state index is 14.6. The molecule has 2 unspecified atom stereocenters. The van der Waals surface area contributed by atoms with Crippen LogP contribution in [0.4, 0.5) is 0 Å². The van der Waals surface area contributed by atoms with Crippen LogP contribution in [0.2, 0.25) is 0 Å². The fraction of sp³-hybridized carbons (Fsp3) is 0.609. The van der Waals surface area contributed by atoms with Crippen molar-refractivity contribution in [2.75, 3.05) is 53.5 Å². The molecule has 12 heteroatoms. The van der Waals surface area contributed by atoms with E-state index in [2.05, 4.69) is 79.0 Å². The van der Waals surface area contributed by atoms with Crippen LogP contribution < -0.4 is 0 Å². The van der Waals surface area contributed by atoms with Gasteiger partial charge in [-0.1, -0.05) is 140 Å². The third kappa shape index (κ3) is 12.8. The lowest BCUT2D eigenvalue weighted by Crippen LogP contribution is -2.66. The molecule has 0 heterocycles. The summed E-state index contributed by atoms with van der Waals surface area (Å²) in [5.41, 5.74) is 2.66. The number of likely N-dealkylation sites (N-methyl/N-ethyl adjacent to an activating group) is 2. The van der Waals surface area contributed by atoms with Crippen LogP contribution in [0.15, 0.2) is 109 Å². The normalized spacial score (nSPS) is 30.9. The molecule has 2 aromatic carbocycles. The highest BCUT2D eigenvalue weighted by Crippen LogP contribution is 2.76. The van der Waals surface area contributed by atoms with Crippen LogP contribution in [0, 0.1) is 50.2 Å². The zero-order valence-electron chi connectivity index (χ0n) is 46.4. The van der Waals surface area contributed by atoms with Crippen LogP contribution in [0.3, 0.4) is 0 Å². The van der Waals surface area contributed by atoms with E-state index >= 15 is 0 Å². The topological polar surface area (TPSA) is 138 Å². The Morgan fingerprint density at radius 3 is 1.76 bits per heavy atom. The molecule has 0 spiro atoms. The number of rotatable bonds is 18. The highest BCUT2D eigenvalue weighted by molar-refractivity contribution is 5.79. The van der Waals surface area contributed by atoms with Crippen molar-refractivity contribution in [3.63, 3.8) is 0 Å². The summed E-state index contributed by atoms with van der Waals surface area (Å²) in [6.45, 7) is 20.6. The Bertz CT molecular complexity index is 2450. The second-order valence-electron chi connectivity index (χ2n) is 24.5. The minimum atomic E-state index is -0.757. The van der Waals surface area contributed by atoms with Crippen LogP contribution in [0.1, 0.15) is 137 Å². The van der Waals surface area contributed by atoms with E-state index in [0.29, 0.717) is 13.0 Å². The summed E-state index contributed by atoms with van der Waals surface area (Å²) in [5.74, 6) is -1.43. The molecule has 8 rings (SSSR count). The maximum Gasteiger partial charge on any atom is 0.320 e. The minimum absolute atomic E-state index is 0. The highest BCUT2D eigenvalue weighted by atomic mass is 16.6. The molecular weight excluding hydrogens is 957 g/mol. The van der Waals surface area contributed by atoms with Gasteiger partial charge in [-0.25, -0.2) is 0 Å². The van der Waals surface area contributed by atoms with E-state index in [0.717, 1.165) is 87.3 Å². The van der Waals surface area contributed by atoms with Gasteiger partial charge in [-0.3, -0.25) is 33.8 Å². The molecule has 76 heavy (non-hydrogen) atoms. The predicted octanol–water partition coefficient (Wildman–Crippen LogP) is 11.8. The summed E-state index contributed by atoms with van der Waals surface area (Å²) in [5, 5.41) is 0.